The first-order chi connectivity index (χ1) is 10.1. The number of hydrogen-bond acceptors (Lipinski definition) is 3. The summed E-state index contributed by atoms with van der Waals surface area (Å²) < 4.78 is 5.11. The van der Waals surface area contributed by atoms with Crippen LogP contribution in [0.15, 0.2) is 42.5 Å². The maximum Gasteiger partial charge on any atom is 0.244 e. The number of ether oxygens (including phenoxy) is 1. The zero-order valence-corrected chi connectivity index (χ0v) is 12.4. The number of hydrogen-bond donors (Lipinski definition) is 2. The van der Waals surface area contributed by atoms with E-state index in [4.69, 9.17) is 9.84 Å². The van der Waals surface area contributed by atoms with Crippen molar-refractivity contribution in [2.75, 3.05) is 13.7 Å². The van der Waals surface area contributed by atoms with Gasteiger partial charge in [-0.2, -0.15) is 0 Å². The van der Waals surface area contributed by atoms with Crippen LogP contribution >= 0.6 is 0 Å². The Kier molecular flexibility index (Phi) is 5.17. The fourth-order valence-corrected chi connectivity index (χ4v) is 2.38. The number of aliphatic hydroxyl groups is 1. The third-order valence-electron chi connectivity index (χ3n) is 3.63. The van der Waals surface area contributed by atoms with Gasteiger partial charge in [0.2, 0.25) is 5.91 Å². The Balaban J connectivity index is 1.95. The maximum absolute atomic E-state index is 12.0. The zero-order valence-electron chi connectivity index (χ0n) is 12.4. The number of carbonyl (C=O) groups is 1. The molecular formula is C17H21NO3. The molecule has 2 rings (SSSR count). The van der Waals surface area contributed by atoms with Crippen molar-refractivity contribution in [2.24, 2.45) is 5.92 Å². The van der Waals surface area contributed by atoms with E-state index < -0.39 is 0 Å². The van der Waals surface area contributed by atoms with Gasteiger partial charge in [0.1, 0.15) is 5.75 Å². The molecule has 112 valence electrons. The minimum atomic E-state index is -0.114. The van der Waals surface area contributed by atoms with Crippen LogP contribution in [-0.4, -0.2) is 30.8 Å². The summed E-state index contributed by atoms with van der Waals surface area (Å²) >= 11 is 0. The monoisotopic (exact) mass is 287 g/mol. The lowest BCUT2D eigenvalue weighted by molar-refractivity contribution is -0.116. The van der Waals surface area contributed by atoms with Crippen LogP contribution in [0.5, 0.6) is 5.75 Å². The predicted octanol–water partition coefficient (Wildman–Crippen LogP) is 2.15. The number of benzene rings is 1. The summed E-state index contributed by atoms with van der Waals surface area (Å²) in [7, 11) is 1.62. The maximum atomic E-state index is 12.0. The number of methoxy groups -OCH3 is 1. The topological polar surface area (TPSA) is 58.6 Å². The summed E-state index contributed by atoms with van der Waals surface area (Å²) in [5.74, 6) is 0.834. The largest absolute Gasteiger partial charge is 0.497 e. The van der Waals surface area contributed by atoms with Gasteiger partial charge in [-0.3, -0.25) is 4.79 Å². The Labute approximate surface area is 125 Å². The van der Waals surface area contributed by atoms with Crippen LogP contribution < -0.4 is 10.1 Å². The van der Waals surface area contributed by atoms with Crippen molar-refractivity contribution in [1.29, 1.82) is 0 Å². The van der Waals surface area contributed by atoms with Crippen molar-refractivity contribution < 1.29 is 14.6 Å². The highest BCUT2D eigenvalue weighted by atomic mass is 16.5. The molecule has 4 nitrogen and oxygen atoms in total. The summed E-state index contributed by atoms with van der Waals surface area (Å²) in [5, 5.41) is 12.0. The highest BCUT2D eigenvalue weighted by Crippen LogP contribution is 2.19. The Morgan fingerprint density at radius 2 is 2.10 bits per heavy atom. The van der Waals surface area contributed by atoms with Crippen LogP contribution in [0, 0.1) is 5.92 Å². The molecule has 1 amide bonds. The number of rotatable bonds is 5. The zero-order chi connectivity index (χ0) is 15.2. The minimum Gasteiger partial charge on any atom is -0.497 e. The van der Waals surface area contributed by atoms with Crippen molar-refractivity contribution in [3.8, 4) is 5.75 Å². The van der Waals surface area contributed by atoms with E-state index in [0.717, 1.165) is 23.3 Å². The molecule has 0 saturated heterocycles. The van der Waals surface area contributed by atoms with Crippen LogP contribution in [0.2, 0.25) is 0 Å². The fourth-order valence-electron chi connectivity index (χ4n) is 2.38. The van der Waals surface area contributed by atoms with Gasteiger partial charge in [0, 0.05) is 24.6 Å². The lowest BCUT2D eigenvalue weighted by Crippen LogP contribution is -2.31. The smallest absolute Gasteiger partial charge is 0.244 e. The number of aliphatic hydroxyl groups excluding tert-OH is 1. The number of amides is 1. The van der Waals surface area contributed by atoms with Crippen molar-refractivity contribution in [3.63, 3.8) is 0 Å². The summed E-state index contributed by atoms with van der Waals surface area (Å²) in [6.45, 7) is 2.03. The van der Waals surface area contributed by atoms with Crippen molar-refractivity contribution in [1.82, 2.24) is 5.32 Å². The molecule has 2 N–H and O–H groups in total. The molecule has 1 aliphatic carbocycles. The van der Waals surface area contributed by atoms with E-state index in [9.17, 15) is 4.79 Å². The van der Waals surface area contributed by atoms with Gasteiger partial charge in [-0.1, -0.05) is 24.3 Å². The van der Waals surface area contributed by atoms with Gasteiger partial charge >= 0.3 is 0 Å². The molecule has 0 spiro atoms. The van der Waals surface area contributed by atoms with Gasteiger partial charge < -0.3 is 15.2 Å². The Hall–Kier alpha value is -2.07. The van der Waals surface area contributed by atoms with Crippen LogP contribution in [0.4, 0.5) is 0 Å². The van der Waals surface area contributed by atoms with Gasteiger partial charge in [0.15, 0.2) is 0 Å². The molecule has 0 radical (unpaired) electrons. The Morgan fingerprint density at radius 1 is 1.38 bits per heavy atom. The number of allylic oxidation sites excluding steroid dienone is 1. The molecular weight excluding hydrogens is 266 g/mol. The minimum absolute atomic E-state index is 0.00886. The second kappa shape index (κ2) is 7.09. The van der Waals surface area contributed by atoms with Gasteiger partial charge in [-0.25, -0.2) is 0 Å². The quantitative estimate of drug-likeness (QED) is 0.644. The molecule has 0 aromatic heterocycles. The van der Waals surface area contributed by atoms with Gasteiger partial charge in [-0.15, -0.1) is 0 Å². The van der Waals surface area contributed by atoms with E-state index in [-0.39, 0.29) is 24.5 Å². The molecule has 21 heavy (non-hydrogen) atoms. The predicted molar refractivity (Wildman–Crippen MR) is 82.9 cm³/mol. The first-order valence-electron chi connectivity index (χ1n) is 7.04. The average Bonchev–Trinajstić information content (AvgIpc) is 2.94. The summed E-state index contributed by atoms with van der Waals surface area (Å²) in [6, 6.07) is 7.60. The third-order valence-corrected chi connectivity index (χ3v) is 3.63. The van der Waals surface area contributed by atoms with Crippen LogP contribution in [0.1, 0.15) is 18.9 Å². The second-order valence-corrected chi connectivity index (χ2v) is 5.23. The Morgan fingerprint density at radius 3 is 2.67 bits per heavy atom. The molecule has 1 aromatic rings. The molecule has 0 saturated carbocycles. The third kappa shape index (κ3) is 4.20. The molecule has 1 aliphatic rings. The number of nitrogens with one attached hydrogen (secondary N) is 1. The molecule has 0 fully saturated rings. The normalized spacial score (nSPS) is 21.4. The molecule has 0 heterocycles. The SMILES string of the molecule is COc1ccc(C(C)=CC(=O)N[C@@H]2C=C[C@H](CO)C2)cc1. The van der Waals surface area contributed by atoms with E-state index in [1.807, 2.05) is 43.3 Å². The van der Waals surface area contributed by atoms with Crippen LogP contribution in [0.3, 0.4) is 0 Å². The van der Waals surface area contributed by atoms with Gasteiger partial charge in [0.05, 0.1) is 7.11 Å². The van der Waals surface area contributed by atoms with Crippen molar-refractivity contribution in [2.45, 2.75) is 19.4 Å². The lowest BCUT2D eigenvalue weighted by Gasteiger charge is -2.11. The highest BCUT2D eigenvalue weighted by molar-refractivity contribution is 5.95. The van der Waals surface area contributed by atoms with E-state index in [1.165, 1.54) is 0 Å². The molecule has 1 aromatic carbocycles. The van der Waals surface area contributed by atoms with E-state index in [1.54, 1.807) is 13.2 Å². The standard InChI is InChI=1S/C17H21NO3/c1-12(14-4-7-16(21-2)8-5-14)9-17(20)18-15-6-3-13(10-15)11-19/h3-9,13,15,19H,10-11H2,1-2H3,(H,18,20)/t13-,15+/m0/s1. The summed E-state index contributed by atoms with van der Waals surface area (Å²) in [5.41, 5.74) is 1.89. The van der Waals surface area contributed by atoms with E-state index in [0.29, 0.717) is 0 Å². The van der Waals surface area contributed by atoms with Crippen molar-refractivity contribution >= 4 is 11.5 Å². The van der Waals surface area contributed by atoms with E-state index >= 15 is 0 Å². The molecule has 4 heteroatoms. The first-order valence-corrected chi connectivity index (χ1v) is 7.04. The summed E-state index contributed by atoms with van der Waals surface area (Å²) in [4.78, 5) is 12.0. The Bertz CT molecular complexity index is 546. The fraction of sp³-hybridized carbons (Fsp3) is 0.353. The molecule has 0 unspecified atom stereocenters. The highest BCUT2D eigenvalue weighted by Gasteiger charge is 2.18. The second-order valence-electron chi connectivity index (χ2n) is 5.23. The molecule has 0 aliphatic heterocycles. The van der Waals surface area contributed by atoms with Crippen molar-refractivity contribution in [3.05, 3.63) is 48.1 Å². The van der Waals surface area contributed by atoms with Gasteiger partial charge in [0.25, 0.3) is 0 Å². The average molecular weight is 287 g/mol. The lowest BCUT2D eigenvalue weighted by atomic mass is 10.1. The molecule has 0 bridgehead atoms. The van der Waals surface area contributed by atoms with Gasteiger partial charge in [-0.05, 0) is 36.6 Å². The van der Waals surface area contributed by atoms with E-state index in [2.05, 4.69) is 5.32 Å². The summed E-state index contributed by atoms with van der Waals surface area (Å²) in [6.07, 6.45) is 6.25. The molecule has 2 atom stereocenters. The van der Waals surface area contributed by atoms with Crippen LogP contribution in [-0.2, 0) is 4.79 Å². The first kappa shape index (κ1) is 15.3. The number of carbonyl (C=O) groups excluding carboxylic acids is 1. The van der Waals surface area contributed by atoms with Crippen LogP contribution in [0.25, 0.3) is 5.57 Å².